The zero-order valence-electron chi connectivity index (χ0n) is 18.7. The Labute approximate surface area is 212 Å². The number of aliphatic imine (C=N–C) groups is 1. The van der Waals surface area contributed by atoms with Crippen LogP contribution in [0.1, 0.15) is 35.3 Å². The first-order valence-electron chi connectivity index (χ1n) is 11.0. The van der Waals surface area contributed by atoms with Gasteiger partial charge in [0.05, 0.1) is 32.1 Å². The molecule has 0 unspecified atom stereocenters. The van der Waals surface area contributed by atoms with Gasteiger partial charge in [-0.3, -0.25) is 4.99 Å². The molecule has 1 saturated heterocycles. The number of amidine groups is 1. The Hall–Kier alpha value is -2.77. The summed E-state index contributed by atoms with van der Waals surface area (Å²) in [6.45, 7) is -2.97. The number of rotatable bonds is 8. The number of fused-ring (bicyclic) bond motifs is 1. The Kier molecular flexibility index (Phi) is 6.88. The monoisotopic (exact) mass is 539 g/mol. The second-order valence-corrected chi connectivity index (χ2v) is 9.74. The number of aliphatic hydroxyl groups is 2. The number of thiazole rings is 1. The Morgan fingerprint density at radius 1 is 1.31 bits per heavy atom. The molecule has 5 rings (SSSR count). The van der Waals surface area contributed by atoms with Gasteiger partial charge >= 0.3 is 6.55 Å². The summed E-state index contributed by atoms with van der Waals surface area (Å²) in [4.78, 5) is 11.1. The molecule has 0 bridgehead atoms. The maximum Gasteiger partial charge on any atom is 0.333 e. The third-order valence-corrected chi connectivity index (χ3v) is 7.03. The number of aliphatic hydroxyl groups excluding tert-OH is 1. The molecule has 4 heterocycles. The molecule has 1 aromatic carbocycles. The first-order valence-corrected chi connectivity index (χ1v) is 12.2. The van der Waals surface area contributed by atoms with Crippen LogP contribution in [-0.4, -0.2) is 67.7 Å². The van der Waals surface area contributed by atoms with E-state index in [9.17, 15) is 18.3 Å². The van der Waals surface area contributed by atoms with Crippen molar-refractivity contribution in [3.8, 4) is 0 Å². The number of benzene rings is 1. The third kappa shape index (κ3) is 4.66. The third-order valence-electron chi connectivity index (χ3n) is 5.94. The highest BCUT2D eigenvalue weighted by Gasteiger charge is 2.47. The van der Waals surface area contributed by atoms with Crippen LogP contribution in [0.5, 0.6) is 0 Å². The van der Waals surface area contributed by atoms with E-state index in [1.807, 2.05) is 0 Å². The van der Waals surface area contributed by atoms with E-state index in [4.69, 9.17) is 26.4 Å². The topological polar surface area (TPSA) is 96.0 Å². The van der Waals surface area contributed by atoms with Gasteiger partial charge < -0.3 is 19.8 Å². The highest BCUT2D eigenvalue weighted by atomic mass is 35.5. The van der Waals surface area contributed by atoms with Gasteiger partial charge in [0.1, 0.15) is 17.5 Å². The van der Waals surface area contributed by atoms with Gasteiger partial charge in [0.15, 0.2) is 10.8 Å². The van der Waals surface area contributed by atoms with Crippen LogP contribution in [-0.2, 0) is 4.74 Å². The van der Waals surface area contributed by atoms with Crippen LogP contribution in [0.15, 0.2) is 52.7 Å². The van der Waals surface area contributed by atoms with E-state index >= 15 is 0 Å². The number of halogens is 4. The number of nitrogens with zero attached hydrogens (tertiary/aromatic N) is 5. The molecule has 0 amide bonds. The molecule has 0 spiro atoms. The van der Waals surface area contributed by atoms with Gasteiger partial charge in [-0.25, -0.2) is 14.1 Å². The molecule has 0 saturated carbocycles. The average Bonchev–Trinajstić information content (AvgIpc) is 3.58. The lowest BCUT2D eigenvalue weighted by Gasteiger charge is -2.32. The van der Waals surface area contributed by atoms with Crippen molar-refractivity contribution in [3.63, 3.8) is 0 Å². The molecule has 2 aliphatic heterocycles. The molecule has 0 radical (unpaired) electrons. The van der Waals surface area contributed by atoms with Crippen molar-refractivity contribution in [1.82, 2.24) is 19.7 Å². The summed E-state index contributed by atoms with van der Waals surface area (Å²) in [6, 6.07) is 4.53. The number of hydrogen-bond donors (Lipinski definition) is 2. The maximum atomic E-state index is 13.9. The minimum Gasteiger partial charge on any atom is -0.394 e. The van der Waals surface area contributed by atoms with Gasteiger partial charge in [0.25, 0.3) is 0 Å². The van der Waals surface area contributed by atoms with Crippen LogP contribution < -0.4 is 0 Å². The van der Waals surface area contributed by atoms with E-state index in [2.05, 4.69) is 10.1 Å². The quantitative estimate of drug-likeness (QED) is 0.422. The van der Waals surface area contributed by atoms with E-state index < -0.39 is 24.0 Å². The Morgan fingerprint density at radius 2 is 2.14 bits per heavy atom. The minimum absolute atomic E-state index is 0.0498. The lowest BCUT2D eigenvalue weighted by atomic mass is 9.91. The number of ether oxygens (including phenoxy) is 1. The number of aromatic nitrogens is 3. The lowest BCUT2D eigenvalue weighted by Crippen LogP contribution is -2.40. The van der Waals surface area contributed by atoms with Crippen molar-refractivity contribution in [2.45, 2.75) is 24.6 Å². The molecule has 2 atom stereocenters. The molecule has 1 fully saturated rings. The summed E-state index contributed by atoms with van der Waals surface area (Å²) in [7, 11) is 0. The summed E-state index contributed by atoms with van der Waals surface area (Å²) in [5.74, 6) is -0.0710. The lowest BCUT2D eigenvalue weighted by molar-refractivity contribution is -0.0421. The molecular formula is C23H21ClF3N5O3S. The maximum absolute atomic E-state index is 13.9. The van der Waals surface area contributed by atoms with Crippen molar-refractivity contribution < 1.29 is 28.1 Å². The molecular weight excluding hydrogens is 519 g/mol. The fraction of sp³-hybridized carbons (Fsp3) is 0.348. The summed E-state index contributed by atoms with van der Waals surface area (Å²) < 4.78 is 46.6. The van der Waals surface area contributed by atoms with Gasteiger partial charge in [-0.1, -0.05) is 17.7 Å². The average molecular weight is 540 g/mol. The molecule has 3 aromatic rings. The largest absolute Gasteiger partial charge is 0.394 e. The zero-order valence-corrected chi connectivity index (χ0v) is 20.3. The normalized spacial score (nSPS) is 21.9. The first kappa shape index (κ1) is 24.9. The predicted octanol–water partition coefficient (Wildman–Crippen LogP) is 3.89. The first-order chi connectivity index (χ1) is 17.3. The molecule has 2 N–H and O–H groups in total. The van der Waals surface area contributed by atoms with Crippen LogP contribution in [0.4, 0.5) is 13.2 Å². The van der Waals surface area contributed by atoms with Crippen molar-refractivity contribution >= 4 is 34.3 Å². The summed E-state index contributed by atoms with van der Waals surface area (Å²) in [5, 5.41) is 27.0. The number of hydrogen-bond acceptors (Lipinski definition) is 8. The minimum atomic E-state index is -2.85. The fourth-order valence-electron chi connectivity index (χ4n) is 4.46. The van der Waals surface area contributed by atoms with Crippen molar-refractivity contribution in [1.29, 1.82) is 0 Å². The van der Waals surface area contributed by atoms with Crippen molar-refractivity contribution in [2.75, 3.05) is 26.4 Å². The SMILES string of the molecule is OCCOC[C@@]1(O)CC2=C(c3ccn(C(F)F)n3)[C@H](c3ccc(F)cc3Cl)N=C(c3nccs3)N2C1. The van der Waals surface area contributed by atoms with Crippen LogP contribution >= 0.6 is 22.9 Å². The Balaban J connectivity index is 1.69. The standard InChI is InChI=1S/C23H21ClF3N5O3S/c24-15-9-13(25)1-2-14(15)19-18(16-3-5-32(30-16)22(26)27)17-10-23(34,12-35-7-6-33)11-31(17)20(29-19)21-28-4-8-36-21/h1-5,8-9,19,22,33-34H,6-7,10-12H2/t19-,23+/m0/s1. The second-order valence-electron chi connectivity index (χ2n) is 8.44. The Morgan fingerprint density at radius 3 is 2.81 bits per heavy atom. The Bertz CT molecular complexity index is 1320. The van der Waals surface area contributed by atoms with E-state index in [0.29, 0.717) is 32.4 Å². The van der Waals surface area contributed by atoms with Gasteiger partial charge in [0, 0.05) is 46.1 Å². The van der Waals surface area contributed by atoms with Gasteiger partial charge in [-0.15, -0.1) is 11.3 Å². The summed E-state index contributed by atoms with van der Waals surface area (Å²) >= 11 is 7.78. The molecule has 2 aliphatic rings. The summed E-state index contributed by atoms with van der Waals surface area (Å²) in [5.41, 5.74) is 0.369. The van der Waals surface area contributed by atoms with E-state index in [0.717, 1.165) is 12.3 Å². The van der Waals surface area contributed by atoms with Crippen LogP contribution in [0, 0.1) is 5.82 Å². The van der Waals surface area contributed by atoms with Crippen LogP contribution in [0.2, 0.25) is 5.02 Å². The zero-order chi connectivity index (χ0) is 25.4. The van der Waals surface area contributed by atoms with Gasteiger partial charge in [-0.2, -0.15) is 13.9 Å². The predicted molar refractivity (Wildman–Crippen MR) is 127 cm³/mol. The molecule has 8 nitrogen and oxygen atoms in total. The van der Waals surface area contributed by atoms with Gasteiger partial charge in [-0.05, 0) is 18.2 Å². The highest BCUT2D eigenvalue weighted by Crippen LogP contribution is 2.48. The van der Waals surface area contributed by atoms with Crippen LogP contribution in [0.3, 0.4) is 0 Å². The van der Waals surface area contributed by atoms with Crippen molar-refractivity contribution in [3.05, 3.63) is 74.8 Å². The molecule has 2 aromatic heterocycles. The number of alkyl halides is 2. The fourth-order valence-corrected chi connectivity index (χ4v) is 5.38. The second kappa shape index (κ2) is 9.94. The van der Waals surface area contributed by atoms with E-state index in [1.54, 1.807) is 16.5 Å². The molecule has 36 heavy (non-hydrogen) atoms. The molecule has 190 valence electrons. The van der Waals surface area contributed by atoms with Gasteiger partial charge in [0.2, 0.25) is 0 Å². The van der Waals surface area contributed by atoms with Crippen molar-refractivity contribution in [2.24, 2.45) is 4.99 Å². The van der Waals surface area contributed by atoms with E-state index in [1.165, 1.54) is 29.5 Å². The summed E-state index contributed by atoms with van der Waals surface area (Å²) in [6.07, 6.45) is 2.88. The van der Waals surface area contributed by atoms with Crippen LogP contribution in [0.25, 0.3) is 5.57 Å². The molecule has 13 heteroatoms. The van der Waals surface area contributed by atoms with E-state index in [-0.39, 0.29) is 43.5 Å². The smallest absolute Gasteiger partial charge is 0.333 e. The molecule has 0 aliphatic carbocycles. The highest BCUT2D eigenvalue weighted by molar-refractivity contribution is 7.11.